The molecule has 2 aromatic rings. The predicted molar refractivity (Wildman–Crippen MR) is 110 cm³/mol. The quantitative estimate of drug-likeness (QED) is 0.644. The topological polar surface area (TPSA) is 25.8 Å². The van der Waals surface area contributed by atoms with Gasteiger partial charge >= 0.3 is 0 Å². The third-order valence-electron chi connectivity index (χ3n) is 4.63. The summed E-state index contributed by atoms with van der Waals surface area (Å²) in [4.78, 5) is 8.95. The van der Waals surface area contributed by atoms with Crippen molar-refractivity contribution in [3.63, 3.8) is 0 Å². The molecule has 26 heavy (non-hydrogen) atoms. The fourth-order valence-corrected chi connectivity index (χ4v) is 3.28. The van der Waals surface area contributed by atoms with Crippen molar-refractivity contribution in [2.45, 2.75) is 25.7 Å². The number of pyridine rings is 2. The molecule has 0 bridgehead atoms. The zero-order valence-electron chi connectivity index (χ0n) is 17.5. The summed E-state index contributed by atoms with van der Waals surface area (Å²) in [7, 11) is 13.5. The first kappa shape index (κ1) is 20.5. The molecular formula is C22H36N4+2. The Hall–Kier alpha value is -1.78. The Morgan fingerprint density at radius 1 is 0.731 bits per heavy atom. The maximum Gasteiger partial charge on any atom is 0.0784 e. The number of quaternary nitrogens is 2. The molecule has 2 heterocycles. The van der Waals surface area contributed by atoms with Gasteiger partial charge in [-0.2, -0.15) is 0 Å². The summed E-state index contributed by atoms with van der Waals surface area (Å²) >= 11 is 0. The highest BCUT2D eigenvalue weighted by Gasteiger charge is 2.15. The number of aryl methyl sites for hydroxylation is 1. The van der Waals surface area contributed by atoms with Gasteiger partial charge in [-0.3, -0.25) is 9.97 Å². The Morgan fingerprint density at radius 2 is 1.31 bits per heavy atom. The second-order valence-electron chi connectivity index (χ2n) is 9.25. The second kappa shape index (κ2) is 8.74. The maximum absolute atomic E-state index is 4.77. The number of nitrogens with zero attached hydrogens (tertiary/aromatic N) is 4. The third-order valence-corrected chi connectivity index (χ3v) is 4.63. The Bertz CT molecular complexity index is 682. The molecule has 2 aromatic heterocycles. The molecule has 0 spiro atoms. The Morgan fingerprint density at radius 3 is 1.88 bits per heavy atom. The van der Waals surface area contributed by atoms with Crippen LogP contribution in [-0.4, -0.2) is 74.3 Å². The first-order valence-corrected chi connectivity index (χ1v) is 9.64. The van der Waals surface area contributed by atoms with Crippen LogP contribution in [0.1, 0.15) is 24.1 Å². The molecule has 0 saturated carbocycles. The molecule has 4 nitrogen and oxygen atoms in total. The largest absolute Gasteiger partial charge is 0.331 e. The molecule has 0 radical (unpaired) electrons. The third kappa shape index (κ3) is 6.85. The lowest BCUT2D eigenvalue weighted by Crippen LogP contribution is -2.35. The van der Waals surface area contributed by atoms with Crippen molar-refractivity contribution in [2.75, 3.05) is 55.4 Å². The molecule has 0 atom stereocenters. The van der Waals surface area contributed by atoms with Crippen molar-refractivity contribution in [1.29, 1.82) is 0 Å². The van der Waals surface area contributed by atoms with Crippen LogP contribution in [0, 0.1) is 0 Å². The zero-order valence-corrected chi connectivity index (χ0v) is 17.5. The van der Waals surface area contributed by atoms with Crippen molar-refractivity contribution in [3.8, 4) is 11.1 Å². The van der Waals surface area contributed by atoms with Gasteiger partial charge < -0.3 is 8.97 Å². The Labute approximate surface area is 159 Å². The van der Waals surface area contributed by atoms with E-state index in [4.69, 9.17) is 4.98 Å². The van der Waals surface area contributed by atoms with E-state index in [0.29, 0.717) is 0 Å². The average molecular weight is 357 g/mol. The summed E-state index contributed by atoms with van der Waals surface area (Å²) in [5.41, 5.74) is 5.27. The van der Waals surface area contributed by atoms with Crippen LogP contribution in [0.25, 0.3) is 11.1 Å². The van der Waals surface area contributed by atoms with Crippen LogP contribution in [0.4, 0.5) is 0 Å². The lowest BCUT2D eigenvalue weighted by molar-refractivity contribution is -0.870. The molecule has 142 valence electrons. The first-order chi connectivity index (χ1) is 12.2. The van der Waals surface area contributed by atoms with Gasteiger partial charge in [0, 0.05) is 37.1 Å². The number of hydrogen-bond acceptors (Lipinski definition) is 2. The van der Waals surface area contributed by atoms with E-state index in [1.807, 2.05) is 18.6 Å². The van der Waals surface area contributed by atoms with Crippen LogP contribution in [0.15, 0.2) is 36.8 Å². The number of rotatable bonds is 9. The molecule has 0 saturated heterocycles. The maximum atomic E-state index is 4.77. The van der Waals surface area contributed by atoms with E-state index in [1.165, 1.54) is 48.3 Å². The van der Waals surface area contributed by atoms with E-state index in [2.05, 4.69) is 65.5 Å². The molecule has 4 heteroatoms. The molecule has 0 aliphatic rings. The van der Waals surface area contributed by atoms with Gasteiger partial charge in [-0.25, -0.2) is 0 Å². The minimum absolute atomic E-state index is 1.00. The monoisotopic (exact) mass is 356 g/mol. The smallest absolute Gasteiger partial charge is 0.0784 e. The van der Waals surface area contributed by atoms with E-state index < -0.39 is 0 Å². The van der Waals surface area contributed by atoms with Crippen molar-refractivity contribution in [1.82, 2.24) is 9.97 Å². The molecule has 0 fully saturated rings. The Kier molecular flexibility index (Phi) is 6.90. The standard InChI is InChI=1S/C22H36N4/c1-25(2,3)17-7-9-21-20(19-11-14-23-15-12-19)13-16-24-22(21)10-8-18-26(4,5)6/h11-16H,7-10,17-18H2,1-6H3/q+2. The van der Waals surface area contributed by atoms with Gasteiger partial charge in [0.1, 0.15) is 0 Å². The first-order valence-electron chi connectivity index (χ1n) is 9.64. The molecule has 0 amide bonds. The van der Waals surface area contributed by atoms with E-state index >= 15 is 0 Å². The molecule has 2 rings (SSSR count). The lowest BCUT2D eigenvalue weighted by atomic mass is 9.94. The van der Waals surface area contributed by atoms with Crippen LogP contribution < -0.4 is 0 Å². The van der Waals surface area contributed by atoms with Crippen LogP contribution >= 0.6 is 0 Å². The van der Waals surface area contributed by atoms with Crippen LogP contribution in [0.2, 0.25) is 0 Å². The predicted octanol–water partition coefficient (Wildman–Crippen LogP) is 3.42. The zero-order chi connectivity index (χ0) is 19.2. The van der Waals surface area contributed by atoms with Crippen molar-refractivity contribution in [3.05, 3.63) is 48.0 Å². The fourth-order valence-electron chi connectivity index (χ4n) is 3.28. The number of hydrogen-bond donors (Lipinski definition) is 0. The van der Waals surface area contributed by atoms with Crippen molar-refractivity contribution in [2.24, 2.45) is 0 Å². The van der Waals surface area contributed by atoms with Crippen LogP contribution in [0.3, 0.4) is 0 Å². The van der Waals surface area contributed by atoms with E-state index in [1.54, 1.807) is 0 Å². The highest BCUT2D eigenvalue weighted by molar-refractivity contribution is 5.67. The SMILES string of the molecule is C[N+](C)(C)CCCc1nccc(-c2ccncc2)c1CCC[N+](C)(C)C. The second-order valence-corrected chi connectivity index (χ2v) is 9.25. The molecular weight excluding hydrogens is 320 g/mol. The van der Waals surface area contributed by atoms with Gasteiger partial charge in [-0.1, -0.05) is 0 Å². The molecule has 0 aliphatic carbocycles. The summed E-state index contributed by atoms with van der Waals surface area (Å²) in [6, 6.07) is 6.38. The normalized spacial score (nSPS) is 12.4. The van der Waals surface area contributed by atoms with Gasteiger partial charge in [0.05, 0.1) is 55.4 Å². The van der Waals surface area contributed by atoms with Crippen molar-refractivity contribution >= 4 is 0 Å². The average Bonchev–Trinajstić information content (AvgIpc) is 2.54. The minimum Gasteiger partial charge on any atom is -0.331 e. The Balaban J connectivity index is 2.25. The fraction of sp³-hybridized carbons (Fsp3) is 0.545. The van der Waals surface area contributed by atoms with Gasteiger partial charge in [-0.15, -0.1) is 0 Å². The van der Waals surface area contributed by atoms with Crippen molar-refractivity contribution < 1.29 is 8.97 Å². The summed E-state index contributed by atoms with van der Waals surface area (Å²) < 4.78 is 2.00. The number of aromatic nitrogens is 2. The van der Waals surface area contributed by atoms with E-state index in [9.17, 15) is 0 Å². The lowest BCUT2D eigenvalue weighted by Gasteiger charge is -2.25. The van der Waals surface area contributed by atoms with Crippen LogP contribution in [-0.2, 0) is 12.8 Å². The molecule has 0 unspecified atom stereocenters. The summed E-state index contributed by atoms with van der Waals surface area (Å²) in [6.45, 7) is 2.34. The minimum atomic E-state index is 1.00. The summed E-state index contributed by atoms with van der Waals surface area (Å²) in [5, 5.41) is 0. The summed E-state index contributed by atoms with van der Waals surface area (Å²) in [6.07, 6.45) is 10.2. The van der Waals surface area contributed by atoms with Gasteiger partial charge in [0.2, 0.25) is 0 Å². The van der Waals surface area contributed by atoms with Gasteiger partial charge in [0.25, 0.3) is 0 Å². The van der Waals surface area contributed by atoms with Gasteiger partial charge in [-0.05, 0) is 47.7 Å². The molecule has 0 N–H and O–H groups in total. The van der Waals surface area contributed by atoms with E-state index in [0.717, 1.165) is 21.8 Å². The highest BCUT2D eigenvalue weighted by Crippen LogP contribution is 2.27. The van der Waals surface area contributed by atoms with Crippen LogP contribution in [0.5, 0.6) is 0 Å². The van der Waals surface area contributed by atoms with Gasteiger partial charge in [0.15, 0.2) is 0 Å². The summed E-state index contributed by atoms with van der Waals surface area (Å²) in [5.74, 6) is 0. The molecule has 0 aliphatic heterocycles. The van der Waals surface area contributed by atoms with E-state index in [-0.39, 0.29) is 0 Å². The molecule has 0 aromatic carbocycles. The highest BCUT2D eigenvalue weighted by atomic mass is 15.3.